The summed E-state index contributed by atoms with van der Waals surface area (Å²) in [6.45, 7) is 6.19. The Balaban J connectivity index is 1.60. The largest absolute Gasteiger partial charge is 0.419 e. The topological polar surface area (TPSA) is 85.5 Å². The highest BCUT2D eigenvalue weighted by Crippen LogP contribution is 2.60. The van der Waals surface area contributed by atoms with Crippen LogP contribution in [0.3, 0.4) is 0 Å². The van der Waals surface area contributed by atoms with Crippen molar-refractivity contribution in [3.05, 3.63) is 40.5 Å². The molecule has 150 valence electrons. The molecule has 1 spiro atoms. The fourth-order valence-electron chi connectivity index (χ4n) is 4.22. The van der Waals surface area contributed by atoms with Crippen molar-refractivity contribution in [1.82, 2.24) is 4.57 Å². The number of nitrogens with one attached hydrogen (secondary N) is 1. The van der Waals surface area contributed by atoms with E-state index in [1.165, 1.54) is 36.7 Å². The van der Waals surface area contributed by atoms with E-state index in [-0.39, 0.29) is 11.3 Å². The summed E-state index contributed by atoms with van der Waals surface area (Å²) >= 11 is 0. The van der Waals surface area contributed by atoms with E-state index in [0.717, 1.165) is 22.7 Å². The van der Waals surface area contributed by atoms with Gasteiger partial charge in [0.15, 0.2) is 5.58 Å². The maximum atomic E-state index is 11.7. The number of aliphatic imine (C=N–C) groups is 1. The van der Waals surface area contributed by atoms with E-state index in [1.807, 2.05) is 24.3 Å². The van der Waals surface area contributed by atoms with Gasteiger partial charge in [-0.15, -0.1) is 0 Å². The molecule has 2 fully saturated rings. The second kappa shape index (κ2) is 6.54. The van der Waals surface area contributed by atoms with Crippen LogP contribution in [-0.4, -0.2) is 15.9 Å². The maximum Gasteiger partial charge on any atom is 0.419 e. The minimum atomic E-state index is -0.366. The minimum absolute atomic E-state index is 0.240. The second-order valence-electron chi connectivity index (χ2n) is 9.49. The number of anilines is 1. The van der Waals surface area contributed by atoms with Crippen LogP contribution >= 0.6 is 0 Å². The molecule has 4 rings (SSSR count). The summed E-state index contributed by atoms with van der Waals surface area (Å²) in [4.78, 5) is 16.6. The summed E-state index contributed by atoms with van der Waals surface area (Å²) in [6, 6.07) is 5.63. The molecule has 3 N–H and O–H groups in total. The van der Waals surface area contributed by atoms with Crippen molar-refractivity contribution in [1.29, 1.82) is 0 Å². The van der Waals surface area contributed by atoms with Crippen LogP contribution in [0, 0.1) is 11.3 Å². The Hall–Kier alpha value is -2.50. The van der Waals surface area contributed by atoms with Crippen LogP contribution in [0.5, 0.6) is 0 Å². The number of amidine groups is 1. The summed E-state index contributed by atoms with van der Waals surface area (Å²) in [6.07, 6.45) is 8.39. The van der Waals surface area contributed by atoms with Gasteiger partial charge < -0.3 is 15.5 Å². The number of aryl methyl sites for hydroxylation is 1. The predicted octanol–water partition coefficient (Wildman–Crippen LogP) is 4.16. The molecule has 0 bridgehead atoms. The van der Waals surface area contributed by atoms with Crippen molar-refractivity contribution >= 4 is 22.6 Å². The monoisotopic (exact) mass is 382 g/mol. The third kappa shape index (κ3) is 3.86. The van der Waals surface area contributed by atoms with E-state index < -0.39 is 0 Å². The molecule has 0 aliphatic heterocycles. The molecule has 6 heteroatoms. The second-order valence-corrected chi connectivity index (χ2v) is 9.49. The van der Waals surface area contributed by atoms with Gasteiger partial charge in [-0.1, -0.05) is 0 Å². The molecule has 1 atom stereocenters. The molecule has 28 heavy (non-hydrogen) atoms. The van der Waals surface area contributed by atoms with Crippen molar-refractivity contribution in [3.63, 3.8) is 0 Å². The zero-order chi connectivity index (χ0) is 20.1. The molecule has 2 aromatic rings. The highest BCUT2D eigenvalue weighted by Gasteiger charge is 2.48. The Kier molecular flexibility index (Phi) is 4.40. The number of allylic oxidation sites excluding steroid dienone is 1. The normalized spacial score (nSPS) is 22.2. The fraction of sp³-hybridized carbons (Fsp3) is 0.545. The van der Waals surface area contributed by atoms with E-state index in [4.69, 9.17) is 15.1 Å². The lowest BCUT2D eigenvalue weighted by Crippen LogP contribution is -2.21. The third-order valence-corrected chi connectivity index (χ3v) is 5.95. The van der Waals surface area contributed by atoms with Gasteiger partial charge in [0.05, 0.1) is 11.1 Å². The Morgan fingerprint density at radius 2 is 2.11 bits per heavy atom. The number of hydrogen-bond donors (Lipinski definition) is 2. The molecule has 1 aromatic heterocycles. The van der Waals surface area contributed by atoms with Gasteiger partial charge >= 0.3 is 5.76 Å². The van der Waals surface area contributed by atoms with Crippen LogP contribution in [0.2, 0.25) is 0 Å². The number of oxazole rings is 1. The number of hydrogen-bond acceptors (Lipinski definition) is 4. The van der Waals surface area contributed by atoms with E-state index in [9.17, 15) is 4.79 Å². The predicted molar refractivity (Wildman–Crippen MR) is 114 cm³/mol. The van der Waals surface area contributed by atoms with Gasteiger partial charge in [0, 0.05) is 24.5 Å². The lowest BCUT2D eigenvalue weighted by atomic mass is 10.00. The maximum absolute atomic E-state index is 11.7. The Morgan fingerprint density at radius 1 is 1.36 bits per heavy atom. The number of nitrogens with two attached hydrogens (primary N) is 1. The molecular formula is C22H30N4O2. The summed E-state index contributed by atoms with van der Waals surface area (Å²) in [7, 11) is 1.70. The first-order valence-electron chi connectivity index (χ1n) is 10.1. The van der Waals surface area contributed by atoms with Crippen LogP contribution < -0.4 is 16.8 Å². The first kappa shape index (κ1) is 18.8. The first-order chi connectivity index (χ1) is 13.1. The van der Waals surface area contributed by atoms with Crippen LogP contribution in [0.25, 0.3) is 11.1 Å². The average Bonchev–Trinajstić information content (AvgIpc) is 3.11. The third-order valence-electron chi connectivity index (χ3n) is 5.95. The summed E-state index contributed by atoms with van der Waals surface area (Å²) < 4.78 is 6.80. The van der Waals surface area contributed by atoms with Crippen LogP contribution in [0.15, 0.2) is 44.2 Å². The standard InChI is InChI=1S/C22H30N4O2/c1-21(2,3)25-19(12-16(23)14-7-8-22(13-14)9-10-22)24-15-5-6-17-18(11-15)28-20(27)26(17)4/h5-6,11-12,14H,7-10,13,23H2,1-4H3,(H,24,25)/b16-12-/t14-/m0/s1. The highest BCUT2D eigenvalue weighted by atomic mass is 16.4. The van der Waals surface area contributed by atoms with E-state index in [1.54, 1.807) is 7.05 Å². The lowest BCUT2D eigenvalue weighted by molar-refractivity contribution is 0.508. The summed E-state index contributed by atoms with van der Waals surface area (Å²) in [5.41, 5.74) is 9.89. The van der Waals surface area contributed by atoms with Gasteiger partial charge in [0.1, 0.15) is 5.84 Å². The molecular weight excluding hydrogens is 352 g/mol. The van der Waals surface area contributed by atoms with Gasteiger partial charge in [0.25, 0.3) is 0 Å². The molecule has 0 radical (unpaired) electrons. The van der Waals surface area contributed by atoms with Crippen LogP contribution in [-0.2, 0) is 7.05 Å². The van der Waals surface area contributed by atoms with Gasteiger partial charge in [0.2, 0.25) is 0 Å². The van der Waals surface area contributed by atoms with Crippen LogP contribution in [0.1, 0.15) is 52.9 Å². The summed E-state index contributed by atoms with van der Waals surface area (Å²) in [5.74, 6) is 0.818. The number of benzene rings is 1. The molecule has 2 saturated carbocycles. The lowest BCUT2D eigenvalue weighted by Gasteiger charge is -2.17. The van der Waals surface area contributed by atoms with E-state index in [2.05, 4.69) is 26.1 Å². The molecule has 2 aliphatic carbocycles. The van der Waals surface area contributed by atoms with Crippen LogP contribution in [0.4, 0.5) is 5.69 Å². The molecule has 2 aliphatic rings. The number of nitrogens with zero attached hydrogens (tertiary/aromatic N) is 2. The Labute approximate surface area is 165 Å². The number of aromatic nitrogens is 1. The highest BCUT2D eigenvalue weighted by molar-refractivity contribution is 6.05. The van der Waals surface area contributed by atoms with Gasteiger partial charge in [-0.05, 0) is 82.4 Å². The van der Waals surface area contributed by atoms with Gasteiger partial charge in [-0.3, -0.25) is 9.56 Å². The molecule has 1 heterocycles. The van der Waals surface area contributed by atoms with Gasteiger partial charge in [-0.25, -0.2) is 4.79 Å². The smallest absolute Gasteiger partial charge is 0.408 e. The van der Waals surface area contributed by atoms with E-state index >= 15 is 0 Å². The molecule has 0 unspecified atom stereocenters. The molecule has 0 saturated heterocycles. The van der Waals surface area contributed by atoms with Crippen molar-refractivity contribution in [2.45, 2.75) is 58.4 Å². The first-order valence-corrected chi connectivity index (χ1v) is 10.1. The van der Waals surface area contributed by atoms with Crippen molar-refractivity contribution < 1.29 is 4.42 Å². The number of rotatable bonds is 3. The SMILES string of the molecule is Cn1c(=O)oc2cc(NC(/C=C(\N)[C@H]3CCC4(CC4)C3)=NC(C)(C)C)ccc21. The van der Waals surface area contributed by atoms with Gasteiger partial charge in [-0.2, -0.15) is 0 Å². The van der Waals surface area contributed by atoms with E-state index in [0.29, 0.717) is 16.9 Å². The molecule has 6 nitrogen and oxygen atoms in total. The Bertz CT molecular complexity index is 1020. The van der Waals surface area contributed by atoms with Crippen molar-refractivity contribution in [2.24, 2.45) is 29.1 Å². The molecule has 1 aromatic carbocycles. The molecule has 0 amide bonds. The summed E-state index contributed by atoms with van der Waals surface area (Å²) in [5, 5.41) is 3.37. The zero-order valence-corrected chi connectivity index (χ0v) is 17.2. The quantitative estimate of drug-likeness (QED) is 0.616. The minimum Gasteiger partial charge on any atom is -0.408 e. The Morgan fingerprint density at radius 3 is 2.75 bits per heavy atom. The van der Waals surface area contributed by atoms with Crippen molar-refractivity contribution in [3.8, 4) is 0 Å². The fourth-order valence-corrected chi connectivity index (χ4v) is 4.22. The van der Waals surface area contributed by atoms with Crippen molar-refractivity contribution in [2.75, 3.05) is 5.32 Å². The number of fused-ring (bicyclic) bond motifs is 1. The zero-order valence-electron chi connectivity index (χ0n) is 17.2. The average molecular weight is 383 g/mol.